The first-order valence-electron chi connectivity index (χ1n) is 6.83. The molecule has 1 aromatic carbocycles. The van der Waals surface area contributed by atoms with Gasteiger partial charge < -0.3 is 10.6 Å². The normalized spacial score (nSPS) is 19.2. The monoisotopic (exact) mass is 292 g/mol. The maximum Gasteiger partial charge on any atom is 0.238 e. The van der Waals surface area contributed by atoms with Crippen LogP contribution in [0.4, 0.5) is 5.69 Å². The molecule has 2 amide bonds. The van der Waals surface area contributed by atoms with Gasteiger partial charge in [-0.15, -0.1) is 11.8 Å². The Morgan fingerprint density at radius 2 is 2.05 bits per heavy atom. The summed E-state index contributed by atoms with van der Waals surface area (Å²) < 4.78 is 0. The van der Waals surface area contributed by atoms with Gasteiger partial charge in [-0.25, -0.2) is 0 Å². The van der Waals surface area contributed by atoms with Crippen molar-refractivity contribution in [3.8, 4) is 0 Å². The summed E-state index contributed by atoms with van der Waals surface area (Å²) in [6.45, 7) is 6.10. The molecule has 0 saturated carbocycles. The third-order valence-corrected chi connectivity index (χ3v) is 4.74. The molecule has 4 nitrogen and oxygen atoms in total. The van der Waals surface area contributed by atoms with Crippen LogP contribution in [0.5, 0.6) is 0 Å². The van der Waals surface area contributed by atoms with Crippen LogP contribution in [0.3, 0.4) is 0 Å². The van der Waals surface area contributed by atoms with E-state index in [1.165, 1.54) is 11.8 Å². The maximum absolute atomic E-state index is 12.0. The predicted octanol–water partition coefficient (Wildman–Crippen LogP) is 2.65. The lowest BCUT2D eigenvalue weighted by Crippen LogP contribution is -2.40. The molecule has 2 N–H and O–H groups in total. The third kappa shape index (κ3) is 3.54. The van der Waals surface area contributed by atoms with Crippen molar-refractivity contribution >= 4 is 29.3 Å². The number of amides is 2. The van der Waals surface area contributed by atoms with E-state index in [9.17, 15) is 9.59 Å². The number of benzene rings is 1. The number of para-hydroxylation sites is 1. The van der Waals surface area contributed by atoms with Gasteiger partial charge in [0.1, 0.15) is 0 Å². The number of hydrogen-bond acceptors (Lipinski definition) is 3. The SMILES string of the molecule is CC(C)[C@H](C)NC(=O)C[C@H]1Sc2ccccc2NC1=O. The molecule has 1 aliphatic rings. The molecule has 0 saturated heterocycles. The fraction of sp³-hybridized carbons (Fsp3) is 0.467. The van der Waals surface area contributed by atoms with Gasteiger partial charge in [-0.1, -0.05) is 26.0 Å². The van der Waals surface area contributed by atoms with Crippen molar-refractivity contribution in [1.29, 1.82) is 0 Å². The maximum atomic E-state index is 12.0. The van der Waals surface area contributed by atoms with Crippen LogP contribution in [0.25, 0.3) is 0 Å². The topological polar surface area (TPSA) is 58.2 Å². The first-order valence-corrected chi connectivity index (χ1v) is 7.71. The van der Waals surface area contributed by atoms with Gasteiger partial charge in [0.15, 0.2) is 0 Å². The molecule has 0 bridgehead atoms. The molecule has 1 heterocycles. The van der Waals surface area contributed by atoms with Gasteiger partial charge in [0.2, 0.25) is 11.8 Å². The van der Waals surface area contributed by atoms with Gasteiger partial charge in [-0.05, 0) is 25.0 Å². The molecule has 0 spiro atoms. The van der Waals surface area contributed by atoms with Crippen LogP contribution in [-0.2, 0) is 9.59 Å². The largest absolute Gasteiger partial charge is 0.353 e. The first kappa shape index (κ1) is 14.9. The van der Waals surface area contributed by atoms with E-state index in [0.717, 1.165) is 10.6 Å². The number of carbonyl (C=O) groups excluding carboxylic acids is 2. The second-order valence-corrected chi connectivity index (χ2v) is 6.64. The number of fused-ring (bicyclic) bond motifs is 1. The third-order valence-electron chi connectivity index (χ3n) is 3.47. The molecule has 2 atom stereocenters. The summed E-state index contributed by atoms with van der Waals surface area (Å²) in [5, 5.41) is 5.43. The predicted molar refractivity (Wildman–Crippen MR) is 81.8 cm³/mol. The molecule has 0 fully saturated rings. The Labute approximate surface area is 123 Å². The molecule has 5 heteroatoms. The lowest BCUT2D eigenvalue weighted by atomic mass is 10.1. The van der Waals surface area contributed by atoms with Crippen molar-refractivity contribution in [2.24, 2.45) is 5.92 Å². The van der Waals surface area contributed by atoms with Crippen LogP contribution in [0.15, 0.2) is 29.2 Å². The molecule has 0 aliphatic carbocycles. The lowest BCUT2D eigenvalue weighted by molar-refractivity contribution is -0.124. The number of nitrogens with one attached hydrogen (secondary N) is 2. The molecule has 108 valence electrons. The minimum atomic E-state index is -0.357. The Kier molecular flexibility index (Phi) is 4.70. The average molecular weight is 292 g/mol. The minimum Gasteiger partial charge on any atom is -0.353 e. The molecule has 0 radical (unpaired) electrons. The van der Waals surface area contributed by atoms with E-state index >= 15 is 0 Å². The van der Waals surface area contributed by atoms with Crippen LogP contribution in [0, 0.1) is 5.92 Å². The Morgan fingerprint density at radius 1 is 1.35 bits per heavy atom. The molecule has 1 aromatic rings. The van der Waals surface area contributed by atoms with Crippen LogP contribution >= 0.6 is 11.8 Å². The zero-order valence-corrected chi connectivity index (χ0v) is 12.8. The van der Waals surface area contributed by atoms with Crippen molar-refractivity contribution in [3.05, 3.63) is 24.3 Å². The minimum absolute atomic E-state index is 0.0711. The van der Waals surface area contributed by atoms with Crippen molar-refractivity contribution in [2.75, 3.05) is 5.32 Å². The molecule has 0 aromatic heterocycles. The summed E-state index contributed by atoms with van der Waals surface area (Å²) in [5.74, 6) is 0.215. The van der Waals surface area contributed by atoms with Crippen molar-refractivity contribution < 1.29 is 9.59 Å². The average Bonchev–Trinajstić information content (AvgIpc) is 2.39. The van der Waals surface area contributed by atoms with Crippen LogP contribution in [-0.4, -0.2) is 23.1 Å². The summed E-state index contributed by atoms with van der Waals surface area (Å²) in [5.41, 5.74) is 0.828. The number of anilines is 1. The molecule has 20 heavy (non-hydrogen) atoms. The fourth-order valence-electron chi connectivity index (χ4n) is 1.87. The van der Waals surface area contributed by atoms with Gasteiger partial charge in [-0.3, -0.25) is 9.59 Å². The van der Waals surface area contributed by atoms with Crippen molar-refractivity contribution in [3.63, 3.8) is 0 Å². The fourth-order valence-corrected chi connectivity index (χ4v) is 2.99. The van der Waals surface area contributed by atoms with Gasteiger partial charge in [0.05, 0.1) is 10.9 Å². The molecular weight excluding hydrogens is 272 g/mol. The van der Waals surface area contributed by atoms with Crippen LogP contribution < -0.4 is 10.6 Å². The Balaban J connectivity index is 1.97. The van der Waals surface area contributed by atoms with E-state index in [1.54, 1.807) is 0 Å². The molecular formula is C15H20N2O2S. The van der Waals surface area contributed by atoms with Crippen LogP contribution in [0.1, 0.15) is 27.2 Å². The zero-order valence-electron chi connectivity index (χ0n) is 12.0. The second-order valence-electron chi connectivity index (χ2n) is 5.40. The first-order chi connectivity index (χ1) is 9.47. The van der Waals surface area contributed by atoms with Crippen molar-refractivity contribution in [2.45, 2.75) is 43.4 Å². The highest BCUT2D eigenvalue weighted by Crippen LogP contribution is 2.36. The highest BCUT2D eigenvalue weighted by molar-refractivity contribution is 8.01. The standard InChI is InChI=1S/C15H20N2O2S/c1-9(2)10(3)16-14(18)8-13-15(19)17-11-6-4-5-7-12(11)20-13/h4-7,9-10,13H,8H2,1-3H3,(H,16,18)(H,17,19)/t10-,13+/m0/s1. The van der Waals surface area contributed by atoms with Gasteiger partial charge in [-0.2, -0.15) is 0 Å². The quantitative estimate of drug-likeness (QED) is 0.897. The van der Waals surface area contributed by atoms with Gasteiger partial charge in [0, 0.05) is 17.4 Å². The van der Waals surface area contributed by atoms with Gasteiger partial charge in [0.25, 0.3) is 0 Å². The van der Waals surface area contributed by atoms with E-state index in [0.29, 0.717) is 5.92 Å². The molecule has 2 rings (SSSR count). The highest BCUT2D eigenvalue weighted by atomic mass is 32.2. The van der Waals surface area contributed by atoms with Gasteiger partial charge >= 0.3 is 0 Å². The number of thioether (sulfide) groups is 1. The Morgan fingerprint density at radius 3 is 2.75 bits per heavy atom. The number of carbonyl (C=O) groups is 2. The van der Waals surface area contributed by atoms with Crippen LogP contribution in [0.2, 0.25) is 0 Å². The van der Waals surface area contributed by atoms with E-state index in [-0.39, 0.29) is 29.5 Å². The van der Waals surface area contributed by atoms with Crippen molar-refractivity contribution in [1.82, 2.24) is 5.32 Å². The molecule has 0 unspecified atom stereocenters. The molecule has 1 aliphatic heterocycles. The smallest absolute Gasteiger partial charge is 0.238 e. The van der Waals surface area contributed by atoms with E-state index in [4.69, 9.17) is 0 Å². The van der Waals surface area contributed by atoms with E-state index < -0.39 is 0 Å². The highest BCUT2D eigenvalue weighted by Gasteiger charge is 2.29. The lowest BCUT2D eigenvalue weighted by Gasteiger charge is -2.24. The number of hydrogen-bond donors (Lipinski definition) is 2. The Bertz CT molecular complexity index is 516. The summed E-state index contributed by atoms with van der Waals surface area (Å²) in [6.07, 6.45) is 0.210. The summed E-state index contributed by atoms with van der Waals surface area (Å²) in [7, 11) is 0. The Hall–Kier alpha value is -1.49. The summed E-state index contributed by atoms with van der Waals surface area (Å²) in [4.78, 5) is 25.0. The number of rotatable bonds is 4. The van der Waals surface area contributed by atoms with E-state index in [2.05, 4.69) is 24.5 Å². The summed E-state index contributed by atoms with van der Waals surface area (Å²) >= 11 is 1.46. The zero-order chi connectivity index (χ0) is 14.7. The van der Waals surface area contributed by atoms with E-state index in [1.807, 2.05) is 31.2 Å². The second kappa shape index (κ2) is 6.31. The summed E-state index contributed by atoms with van der Waals surface area (Å²) in [6, 6.07) is 7.77.